The fraction of sp³-hybridized carbons (Fsp3) is 0.323. The van der Waals surface area contributed by atoms with Crippen LogP contribution in [0.3, 0.4) is 0 Å². The molecule has 0 saturated heterocycles. The molecular weight excluding hydrogens is 416 g/mol. The Labute approximate surface area is 205 Å². The van der Waals surface area contributed by atoms with Crippen molar-refractivity contribution < 1.29 is 4.79 Å². The molecule has 0 amide bonds. The summed E-state index contributed by atoms with van der Waals surface area (Å²) in [6.45, 7) is 6.48. The SMILES string of the molecule is CCCN(C)c1ccc(C=CC=C2CCC(=CC=Cc3ccc(N(C)CCC)cc3)C2=O)cc1. The first-order chi connectivity index (χ1) is 16.5. The molecule has 0 N–H and O–H groups in total. The minimum atomic E-state index is 0.169. The Morgan fingerprint density at radius 2 is 1.06 bits per heavy atom. The molecule has 0 bridgehead atoms. The lowest BCUT2D eigenvalue weighted by Gasteiger charge is -2.18. The first-order valence-electron chi connectivity index (χ1n) is 12.4. The molecule has 2 aromatic rings. The van der Waals surface area contributed by atoms with Crippen LogP contribution in [0.2, 0.25) is 0 Å². The lowest BCUT2D eigenvalue weighted by Crippen LogP contribution is -2.17. The van der Waals surface area contributed by atoms with Gasteiger partial charge in [0.05, 0.1) is 0 Å². The topological polar surface area (TPSA) is 23.6 Å². The van der Waals surface area contributed by atoms with Gasteiger partial charge in [0, 0.05) is 49.7 Å². The van der Waals surface area contributed by atoms with Crippen molar-refractivity contribution in [2.24, 2.45) is 0 Å². The van der Waals surface area contributed by atoms with E-state index in [1.165, 1.54) is 11.4 Å². The zero-order valence-electron chi connectivity index (χ0n) is 21.1. The monoisotopic (exact) mass is 454 g/mol. The van der Waals surface area contributed by atoms with E-state index in [2.05, 4.69) is 98.4 Å². The van der Waals surface area contributed by atoms with Crippen LogP contribution in [0.15, 0.2) is 84.0 Å². The van der Waals surface area contributed by atoms with Crippen LogP contribution in [-0.4, -0.2) is 33.0 Å². The number of anilines is 2. The third kappa shape index (κ3) is 7.08. The predicted octanol–water partition coefficient (Wildman–Crippen LogP) is 7.32. The normalized spacial score (nSPS) is 16.4. The summed E-state index contributed by atoms with van der Waals surface area (Å²) >= 11 is 0. The highest BCUT2D eigenvalue weighted by Gasteiger charge is 2.21. The van der Waals surface area contributed by atoms with Crippen LogP contribution in [0.5, 0.6) is 0 Å². The van der Waals surface area contributed by atoms with Crippen LogP contribution in [0, 0.1) is 0 Å². The quantitative estimate of drug-likeness (QED) is 0.351. The molecule has 2 aromatic carbocycles. The molecule has 0 aromatic heterocycles. The van der Waals surface area contributed by atoms with E-state index in [9.17, 15) is 4.79 Å². The van der Waals surface area contributed by atoms with Crippen molar-refractivity contribution in [3.8, 4) is 0 Å². The van der Waals surface area contributed by atoms with Crippen molar-refractivity contribution in [2.75, 3.05) is 37.0 Å². The third-order valence-electron chi connectivity index (χ3n) is 6.20. The maximum absolute atomic E-state index is 12.7. The van der Waals surface area contributed by atoms with E-state index in [1.54, 1.807) is 0 Å². The molecular formula is C31H38N2O. The number of carbonyl (C=O) groups is 1. The highest BCUT2D eigenvalue weighted by molar-refractivity contribution is 6.11. The second kappa shape index (κ2) is 12.8. The predicted molar refractivity (Wildman–Crippen MR) is 148 cm³/mol. The van der Waals surface area contributed by atoms with Crippen LogP contribution < -0.4 is 9.80 Å². The van der Waals surface area contributed by atoms with E-state index in [0.717, 1.165) is 61.0 Å². The molecule has 1 saturated carbocycles. The largest absolute Gasteiger partial charge is 0.375 e. The van der Waals surface area contributed by atoms with E-state index in [-0.39, 0.29) is 5.78 Å². The Morgan fingerprint density at radius 1 is 0.676 bits per heavy atom. The molecule has 34 heavy (non-hydrogen) atoms. The number of nitrogens with zero attached hydrogens (tertiary/aromatic N) is 2. The summed E-state index contributed by atoms with van der Waals surface area (Å²) in [4.78, 5) is 17.3. The molecule has 3 heteroatoms. The molecule has 0 radical (unpaired) electrons. The maximum atomic E-state index is 12.7. The second-order valence-corrected chi connectivity index (χ2v) is 8.96. The number of ketones is 1. The van der Waals surface area contributed by atoms with Crippen LogP contribution in [-0.2, 0) is 4.79 Å². The van der Waals surface area contributed by atoms with Crippen molar-refractivity contribution in [1.82, 2.24) is 0 Å². The van der Waals surface area contributed by atoms with Gasteiger partial charge in [-0.05, 0) is 61.1 Å². The molecule has 0 aliphatic heterocycles. The first-order valence-corrected chi connectivity index (χ1v) is 12.4. The van der Waals surface area contributed by atoms with Crippen LogP contribution >= 0.6 is 0 Å². The molecule has 0 spiro atoms. The standard InChI is InChI=1S/C31H38N2O/c1-5-23-32(3)29-19-13-25(14-20-29)9-7-11-27-17-18-28(31(27)34)12-8-10-26-15-21-30(22-16-26)33(4)24-6-2/h7-16,19-22H,5-6,17-18,23-24H2,1-4H3. The highest BCUT2D eigenvalue weighted by Crippen LogP contribution is 2.26. The van der Waals surface area contributed by atoms with Crippen LogP contribution in [0.25, 0.3) is 12.2 Å². The average molecular weight is 455 g/mol. The molecule has 178 valence electrons. The van der Waals surface area contributed by atoms with Gasteiger partial charge >= 0.3 is 0 Å². The molecule has 0 unspecified atom stereocenters. The summed E-state index contributed by atoms with van der Waals surface area (Å²) in [5.41, 5.74) is 6.51. The fourth-order valence-electron chi connectivity index (χ4n) is 4.18. The zero-order chi connectivity index (χ0) is 24.3. The van der Waals surface area contributed by atoms with Gasteiger partial charge in [-0.2, -0.15) is 0 Å². The van der Waals surface area contributed by atoms with Gasteiger partial charge < -0.3 is 9.80 Å². The smallest absolute Gasteiger partial charge is 0.185 e. The molecule has 0 atom stereocenters. The molecule has 1 aliphatic carbocycles. The summed E-state index contributed by atoms with van der Waals surface area (Å²) < 4.78 is 0. The second-order valence-electron chi connectivity index (χ2n) is 8.96. The van der Waals surface area contributed by atoms with E-state index >= 15 is 0 Å². The van der Waals surface area contributed by atoms with E-state index < -0.39 is 0 Å². The third-order valence-corrected chi connectivity index (χ3v) is 6.20. The van der Waals surface area contributed by atoms with Gasteiger partial charge in [-0.25, -0.2) is 0 Å². The Hall–Kier alpha value is -3.33. The van der Waals surface area contributed by atoms with Crippen molar-refractivity contribution in [3.63, 3.8) is 0 Å². The summed E-state index contributed by atoms with van der Waals surface area (Å²) in [6.07, 6.45) is 15.9. The summed E-state index contributed by atoms with van der Waals surface area (Å²) in [5, 5.41) is 0. The van der Waals surface area contributed by atoms with Gasteiger partial charge in [0.25, 0.3) is 0 Å². The first kappa shape index (κ1) is 25.3. The minimum absolute atomic E-state index is 0.169. The van der Waals surface area contributed by atoms with Gasteiger partial charge in [-0.3, -0.25) is 4.79 Å². The fourth-order valence-corrected chi connectivity index (χ4v) is 4.18. The lowest BCUT2D eigenvalue weighted by atomic mass is 10.1. The van der Waals surface area contributed by atoms with Gasteiger partial charge in [0.1, 0.15) is 0 Å². The molecule has 1 aliphatic rings. The maximum Gasteiger partial charge on any atom is 0.185 e. The number of benzene rings is 2. The minimum Gasteiger partial charge on any atom is -0.375 e. The Bertz CT molecular complexity index is 970. The average Bonchev–Trinajstić information content (AvgIpc) is 3.19. The molecule has 3 rings (SSSR count). The number of rotatable bonds is 10. The van der Waals surface area contributed by atoms with Gasteiger partial charge in [0.15, 0.2) is 5.78 Å². The Balaban J connectivity index is 1.56. The van der Waals surface area contributed by atoms with Crippen molar-refractivity contribution >= 4 is 29.3 Å². The zero-order valence-corrected chi connectivity index (χ0v) is 21.1. The number of hydrogen-bond acceptors (Lipinski definition) is 3. The highest BCUT2D eigenvalue weighted by atomic mass is 16.1. The Morgan fingerprint density at radius 3 is 1.41 bits per heavy atom. The molecule has 1 fully saturated rings. The summed E-state index contributed by atoms with van der Waals surface area (Å²) in [5.74, 6) is 0.169. The summed E-state index contributed by atoms with van der Waals surface area (Å²) in [7, 11) is 4.24. The number of allylic oxidation sites excluding steroid dienone is 6. The summed E-state index contributed by atoms with van der Waals surface area (Å²) in [6, 6.07) is 17.1. The van der Waals surface area contributed by atoms with E-state index in [0.29, 0.717) is 0 Å². The number of hydrogen-bond donors (Lipinski definition) is 0. The number of carbonyl (C=O) groups excluding carboxylic acids is 1. The molecule has 3 nitrogen and oxygen atoms in total. The number of Topliss-reactive ketones (excluding diaryl/α,β-unsaturated/α-hetero) is 1. The van der Waals surface area contributed by atoms with Crippen molar-refractivity contribution in [3.05, 3.63) is 95.1 Å². The lowest BCUT2D eigenvalue weighted by molar-refractivity contribution is -0.111. The van der Waals surface area contributed by atoms with Crippen LogP contribution in [0.1, 0.15) is 50.7 Å². The van der Waals surface area contributed by atoms with Crippen molar-refractivity contribution in [2.45, 2.75) is 39.5 Å². The van der Waals surface area contributed by atoms with Gasteiger partial charge in [0.2, 0.25) is 0 Å². The molecule has 0 heterocycles. The Kier molecular flexibility index (Phi) is 9.51. The van der Waals surface area contributed by atoms with E-state index in [1.807, 2.05) is 24.3 Å². The van der Waals surface area contributed by atoms with Crippen LogP contribution in [0.4, 0.5) is 11.4 Å². The van der Waals surface area contributed by atoms with Gasteiger partial charge in [-0.15, -0.1) is 0 Å². The van der Waals surface area contributed by atoms with Gasteiger partial charge in [-0.1, -0.05) is 74.6 Å². The van der Waals surface area contributed by atoms with Crippen molar-refractivity contribution in [1.29, 1.82) is 0 Å². The van der Waals surface area contributed by atoms with E-state index in [4.69, 9.17) is 0 Å².